The van der Waals surface area contributed by atoms with Gasteiger partial charge < -0.3 is 10.6 Å². The maximum Gasteiger partial charge on any atom is 0.234 e. The Morgan fingerprint density at radius 1 is 1.20 bits per heavy atom. The fourth-order valence-electron chi connectivity index (χ4n) is 1.92. The topological polar surface area (TPSA) is 58.2 Å². The van der Waals surface area contributed by atoms with Crippen LogP contribution in [-0.2, 0) is 9.59 Å². The Kier molecular flexibility index (Phi) is 6.00. The molecule has 1 saturated carbocycles. The number of amides is 1. The Balaban J connectivity index is 2.11. The van der Waals surface area contributed by atoms with Crippen LogP contribution in [0.1, 0.15) is 38.5 Å². The minimum absolute atomic E-state index is 0.00875. The third-order valence-electron chi connectivity index (χ3n) is 2.76. The normalized spacial score (nSPS) is 18.1. The van der Waals surface area contributed by atoms with Crippen LogP contribution in [-0.4, -0.2) is 31.3 Å². The van der Waals surface area contributed by atoms with E-state index in [0.29, 0.717) is 12.6 Å². The first kappa shape index (κ1) is 12.2. The van der Waals surface area contributed by atoms with Crippen LogP contribution in [0.25, 0.3) is 0 Å². The highest BCUT2D eigenvalue weighted by molar-refractivity contribution is 5.80. The second-order valence-corrected chi connectivity index (χ2v) is 3.99. The van der Waals surface area contributed by atoms with Gasteiger partial charge >= 0.3 is 0 Å². The van der Waals surface area contributed by atoms with E-state index in [1.807, 2.05) is 0 Å². The molecule has 0 aromatic carbocycles. The van der Waals surface area contributed by atoms with E-state index in [1.54, 1.807) is 6.29 Å². The quantitative estimate of drug-likeness (QED) is 0.652. The van der Waals surface area contributed by atoms with Gasteiger partial charge in [-0.15, -0.1) is 0 Å². The molecule has 1 aliphatic rings. The zero-order chi connectivity index (χ0) is 10.9. The first-order chi connectivity index (χ1) is 7.33. The number of rotatable bonds is 5. The Morgan fingerprint density at radius 3 is 2.47 bits per heavy atom. The maximum atomic E-state index is 11.2. The van der Waals surface area contributed by atoms with Crippen molar-refractivity contribution >= 4 is 12.2 Å². The Hall–Kier alpha value is -0.900. The largest absolute Gasteiger partial charge is 0.347 e. The summed E-state index contributed by atoms with van der Waals surface area (Å²) in [5.41, 5.74) is 0. The lowest BCUT2D eigenvalue weighted by Crippen LogP contribution is -2.39. The molecule has 1 radical (unpaired) electrons. The number of hydrogen-bond acceptors (Lipinski definition) is 3. The van der Waals surface area contributed by atoms with Gasteiger partial charge in [-0.3, -0.25) is 9.59 Å². The van der Waals surface area contributed by atoms with Crippen LogP contribution in [0.5, 0.6) is 0 Å². The van der Waals surface area contributed by atoms with Crippen LogP contribution >= 0.6 is 0 Å². The van der Waals surface area contributed by atoms with E-state index in [-0.39, 0.29) is 12.5 Å². The van der Waals surface area contributed by atoms with Crippen molar-refractivity contribution in [1.29, 1.82) is 0 Å². The third-order valence-corrected chi connectivity index (χ3v) is 2.76. The molecule has 0 aromatic heterocycles. The molecule has 85 valence electrons. The second-order valence-electron chi connectivity index (χ2n) is 3.99. The van der Waals surface area contributed by atoms with Gasteiger partial charge in [-0.05, 0) is 12.8 Å². The lowest BCUT2D eigenvalue weighted by Gasteiger charge is -2.15. The Bertz CT molecular complexity index is 199. The van der Waals surface area contributed by atoms with Gasteiger partial charge in [0.25, 0.3) is 0 Å². The standard InChI is InChI=1S/C11H19N2O2/c14-8-7-12-11(15)9-13-10-5-3-1-2-4-6-10/h10,13H,1-7,9H2,(H,12,15). The van der Waals surface area contributed by atoms with Gasteiger partial charge in [0.05, 0.1) is 13.1 Å². The van der Waals surface area contributed by atoms with E-state index < -0.39 is 0 Å². The average Bonchev–Trinajstić information content (AvgIpc) is 2.51. The molecule has 2 N–H and O–H groups in total. The summed E-state index contributed by atoms with van der Waals surface area (Å²) < 4.78 is 0. The number of nitrogens with one attached hydrogen (secondary N) is 2. The number of hydrogen-bond donors (Lipinski definition) is 2. The van der Waals surface area contributed by atoms with E-state index in [2.05, 4.69) is 10.6 Å². The van der Waals surface area contributed by atoms with Crippen LogP contribution in [0.2, 0.25) is 0 Å². The van der Waals surface area contributed by atoms with Crippen molar-refractivity contribution < 1.29 is 9.59 Å². The molecule has 0 heterocycles. The van der Waals surface area contributed by atoms with Crippen LogP contribution < -0.4 is 10.6 Å². The molecular formula is C11H19N2O2. The van der Waals surface area contributed by atoms with Gasteiger partial charge in [0.15, 0.2) is 0 Å². The number of carbonyl (C=O) groups is 1. The molecule has 1 amide bonds. The summed E-state index contributed by atoms with van der Waals surface area (Å²) in [6, 6.07) is 0.471. The second kappa shape index (κ2) is 7.40. The van der Waals surface area contributed by atoms with Crippen molar-refractivity contribution in [3.63, 3.8) is 0 Å². The first-order valence-corrected chi connectivity index (χ1v) is 5.68. The van der Waals surface area contributed by atoms with Gasteiger partial charge in [0, 0.05) is 6.04 Å². The van der Waals surface area contributed by atoms with Crippen molar-refractivity contribution in [3.05, 3.63) is 0 Å². The lowest BCUT2D eigenvalue weighted by molar-refractivity contribution is -0.120. The third kappa shape index (κ3) is 5.52. The highest BCUT2D eigenvalue weighted by atomic mass is 16.2. The molecule has 15 heavy (non-hydrogen) atoms. The van der Waals surface area contributed by atoms with Crippen molar-refractivity contribution in [2.24, 2.45) is 0 Å². The van der Waals surface area contributed by atoms with Crippen LogP contribution in [0, 0.1) is 0 Å². The molecule has 0 unspecified atom stereocenters. The van der Waals surface area contributed by atoms with Gasteiger partial charge in [-0.25, -0.2) is 0 Å². The SMILES string of the molecule is O=[C]CNC(=O)CNC1CCCCCC1. The smallest absolute Gasteiger partial charge is 0.234 e. The van der Waals surface area contributed by atoms with Gasteiger partial charge in [0.2, 0.25) is 12.2 Å². The molecular weight excluding hydrogens is 192 g/mol. The molecule has 0 aliphatic heterocycles. The number of carbonyl (C=O) groups excluding carboxylic acids is 2. The summed E-state index contributed by atoms with van der Waals surface area (Å²) in [5.74, 6) is -0.123. The summed E-state index contributed by atoms with van der Waals surface area (Å²) in [6.45, 7) is 0.303. The fraction of sp³-hybridized carbons (Fsp3) is 0.818. The van der Waals surface area contributed by atoms with Gasteiger partial charge in [0.1, 0.15) is 0 Å². The summed E-state index contributed by atoms with van der Waals surface area (Å²) >= 11 is 0. The minimum atomic E-state index is -0.123. The lowest BCUT2D eigenvalue weighted by atomic mass is 10.1. The van der Waals surface area contributed by atoms with Gasteiger partial charge in [-0.1, -0.05) is 25.7 Å². The molecule has 4 nitrogen and oxygen atoms in total. The molecule has 4 heteroatoms. The average molecular weight is 211 g/mol. The van der Waals surface area contributed by atoms with E-state index in [9.17, 15) is 9.59 Å². The van der Waals surface area contributed by atoms with Crippen LogP contribution in [0.3, 0.4) is 0 Å². The molecule has 1 rings (SSSR count). The molecule has 1 aliphatic carbocycles. The minimum Gasteiger partial charge on any atom is -0.347 e. The van der Waals surface area contributed by atoms with E-state index in [4.69, 9.17) is 0 Å². The molecule has 0 atom stereocenters. The molecule has 0 spiro atoms. The molecule has 0 saturated heterocycles. The van der Waals surface area contributed by atoms with Crippen molar-refractivity contribution in [3.8, 4) is 0 Å². The predicted octanol–water partition coefficient (Wildman–Crippen LogP) is 0.525. The zero-order valence-corrected chi connectivity index (χ0v) is 9.05. The molecule has 0 bridgehead atoms. The van der Waals surface area contributed by atoms with Crippen molar-refractivity contribution in [2.75, 3.05) is 13.1 Å². The molecule has 1 fully saturated rings. The van der Waals surface area contributed by atoms with Crippen LogP contribution in [0.4, 0.5) is 0 Å². The highest BCUT2D eigenvalue weighted by Crippen LogP contribution is 2.16. The highest BCUT2D eigenvalue weighted by Gasteiger charge is 2.12. The monoisotopic (exact) mass is 211 g/mol. The predicted molar refractivity (Wildman–Crippen MR) is 58.2 cm³/mol. The summed E-state index contributed by atoms with van der Waals surface area (Å²) in [6.07, 6.45) is 9.08. The van der Waals surface area contributed by atoms with Crippen molar-refractivity contribution in [1.82, 2.24) is 10.6 Å². The maximum absolute atomic E-state index is 11.2. The van der Waals surface area contributed by atoms with Crippen LogP contribution in [0.15, 0.2) is 0 Å². The molecule has 0 aromatic rings. The summed E-state index contributed by atoms with van der Waals surface area (Å²) in [7, 11) is 0. The van der Waals surface area contributed by atoms with Gasteiger partial charge in [-0.2, -0.15) is 0 Å². The fourth-order valence-corrected chi connectivity index (χ4v) is 1.92. The van der Waals surface area contributed by atoms with E-state index in [0.717, 1.165) is 12.8 Å². The first-order valence-electron chi connectivity index (χ1n) is 5.68. The van der Waals surface area contributed by atoms with E-state index in [1.165, 1.54) is 25.7 Å². The Morgan fingerprint density at radius 2 is 1.87 bits per heavy atom. The summed E-state index contributed by atoms with van der Waals surface area (Å²) in [4.78, 5) is 21.1. The Labute approximate surface area is 90.8 Å². The van der Waals surface area contributed by atoms with E-state index >= 15 is 0 Å². The summed E-state index contributed by atoms with van der Waals surface area (Å²) in [5, 5.41) is 5.69. The zero-order valence-electron chi connectivity index (χ0n) is 9.05. The van der Waals surface area contributed by atoms with Crippen molar-refractivity contribution in [2.45, 2.75) is 44.6 Å².